The molecule has 1 aliphatic carbocycles. The highest BCUT2D eigenvalue weighted by atomic mass is 14.2. The molecular formula is C13H16. The van der Waals surface area contributed by atoms with E-state index in [0.29, 0.717) is 5.92 Å². The number of hydrogen-bond acceptors (Lipinski definition) is 0. The van der Waals surface area contributed by atoms with Gasteiger partial charge < -0.3 is 0 Å². The minimum Gasteiger partial charge on any atom is -0.0992 e. The van der Waals surface area contributed by atoms with Gasteiger partial charge in [-0.1, -0.05) is 44.2 Å². The molecule has 0 heterocycles. The minimum absolute atomic E-state index is 0.640. The van der Waals surface area contributed by atoms with Crippen molar-refractivity contribution in [3.63, 3.8) is 0 Å². The molecule has 1 aromatic carbocycles. The third kappa shape index (κ3) is 1.41. The van der Waals surface area contributed by atoms with Gasteiger partial charge in [0.15, 0.2) is 0 Å². The van der Waals surface area contributed by atoms with Crippen molar-refractivity contribution in [1.29, 1.82) is 0 Å². The van der Waals surface area contributed by atoms with Crippen molar-refractivity contribution in [2.24, 2.45) is 0 Å². The maximum Gasteiger partial charge on any atom is -0.00608 e. The number of benzene rings is 1. The van der Waals surface area contributed by atoms with Crippen LogP contribution in [-0.2, 0) is 12.8 Å². The second kappa shape index (κ2) is 3.02. The molecule has 1 aromatic rings. The summed E-state index contributed by atoms with van der Waals surface area (Å²) in [5.74, 6) is 0.640. The molecule has 0 saturated carbocycles. The lowest BCUT2D eigenvalue weighted by Gasteiger charge is -2.10. The van der Waals surface area contributed by atoms with Crippen LogP contribution >= 0.6 is 0 Å². The molecule has 0 nitrogen and oxygen atoms in total. The first kappa shape index (κ1) is 8.55. The zero-order valence-corrected chi connectivity index (χ0v) is 8.43. The predicted molar refractivity (Wildman–Crippen MR) is 57.1 cm³/mol. The molecule has 0 saturated heterocycles. The van der Waals surface area contributed by atoms with Gasteiger partial charge in [0.2, 0.25) is 0 Å². The van der Waals surface area contributed by atoms with Crippen molar-refractivity contribution in [1.82, 2.24) is 0 Å². The van der Waals surface area contributed by atoms with Gasteiger partial charge in [-0.2, -0.15) is 0 Å². The largest absolute Gasteiger partial charge is 0.0992 e. The Labute approximate surface area is 80.3 Å². The lowest BCUT2D eigenvalue weighted by molar-refractivity contribution is 0.851. The van der Waals surface area contributed by atoms with Crippen LogP contribution in [0, 0.1) is 0 Å². The average Bonchev–Trinajstić information content (AvgIpc) is 2.43. The summed E-state index contributed by atoms with van der Waals surface area (Å²) in [6, 6.07) is 6.66. The monoisotopic (exact) mass is 172 g/mol. The Kier molecular flexibility index (Phi) is 1.99. The second-order valence-corrected chi connectivity index (χ2v) is 4.24. The molecule has 0 unspecified atom stereocenters. The Morgan fingerprint density at radius 2 is 2.00 bits per heavy atom. The molecule has 2 rings (SSSR count). The van der Waals surface area contributed by atoms with Crippen molar-refractivity contribution >= 4 is 0 Å². The van der Waals surface area contributed by atoms with Gasteiger partial charge in [-0.15, -0.1) is 0 Å². The smallest absolute Gasteiger partial charge is 0.00608 e. The summed E-state index contributed by atoms with van der Waals surface area (Å²) < 4.78 is 0. The summed E-state index contributed by atoms with van der Waals surface area (Å²) >= 11 is 0. The van der Waals surface area contributed by atoms with Gasteiger partial charge in [-0.05, 0) is 35.4 Å². The molecule has 1 aliphatic rings. The van der Waals surface area contributed by atoms with Crippen LogP contribution in [0.5, 0.6) is 0 Å². The van der Waals surface area contributed by atoms with Crippen LogP contribution in [0.2, 0.25) is 0 Å². The highest BCUT2D eigenvalue weighted by Gasteiger charge is 2.17. The van der Waals surface area contributed by atoms with Gasteiger partial charge in [0.05, 0.1) is 0 Å². The molecular weight excluding hydrogens is 156 g/mol. The molecule has 13 heavy (non-hydrogen) atoms. The van der Waals surface area contributed by atoms with Gasteiger partial charge in [-0.3, -0.25) is 0 Å². The van der Waals surface area contributed by atoms with E-state index < -0.39 is 0 Å². The Morgan fingerprint density at radius 3 is 2.69 bits per heavy atom. The molecule has 0 heteroatoms. The summed E-state index contributed by atoms with van der Waals surface area (Å²) in [6.45, 7) is 8.59. The van der Waals surface area contributed by atoms with Crippen LogP contribution in [0.3, 0.4) is 0 Å². The van der Waals surface area contributed by atoms with Gasteiger partial charge in [0.1, 0.15) is 0 Å². The Bertz CT molecular complexity index is 345. The van der Waals surface area contributed by atoms with E-state index in [1.165, 1.54) is 16.7 Å². The van der Waals surface area contributed by atoms with E-state index in [1.54, 1.807) is 5.56 Å². The average molecular weight is 172 g/mol. The van der Waals surface area contributed by atoms with Gasteiger partial charge in [0.25, 0.3) is 0 Å². The molecule has 0 aromatic heterocycles. The summed E-state index contributed by atoms with van der Waals surface area (Å²) in [7, 11) is 0. The predicted octanol–water partition coefficient (Wildman–Crippen LogP) is 3.46. The Hall–Kier alpha value is -1.04. The summed E-state index contributed by atoms with van der Waals surface area (Å²) in [6.07, 6.45) is 2.19. The lowest BCUT2D eigenvalue weighted by Crippen LogP contribution is -1.94. The molecule has 0 fully saturated rings. The first-order valence-corrected chi connectivity index (χ1v) is 4.96. The summed E-state index contributed by atoms with van der Waals surface area (Å²) in [4.78, 5) is 0. The van der Waals surface area contributed by atoms with E-state index >= 15 is 0 Å². The normalized spacial score (nSPS) is 15.2. The van der Waals surface area contributed by atoms with Crippen LogP contribution in [0.1, 0.15) is 36.5 Å². The summed E-state index contributed by atoms with van der Waals surface area (Å²) in [5.41, 5.74) is 5.91. The third-order valence-corrected chi connectivity index (χ3v) is 2.80. The van der Waals surface area contributed by atoms with Gasteiger partial charge in [0, 0.05) is 0 Å². The van der Waals surface area contributed by atoms with E-state index in [4.69, 9.17) is 0 Å². The third-order valence-electron chi connectivity index (χ3n) is 2.80. The van der Waals surface area contributed by atoms with E-state index in [9.17, 15) is 0 Å². The van der Waals surface area contributed by atoms with Crippen LogP contribution in [0.15, 0.2) is 30.4 Å². The highest BCUT2D eigenvalue weighted by molar-refractivity contribution is 5.46. The maximum atomic E-state index is 4.07. The van der Waals surface area contributed by atoms with Crippen molar-refractivity contribution in [3.05, 3.63) is 47.0 Å². The zero-order chi connectivity index (χ0) is 9.42. The fourth-order valence-electron chi connectivity index (χ4n) is 2.16. The molecule has 0 spiro atoms. The lowest BCUT2D eigenvalue weighted by atomic mass is 9.95. The Morgan fingerprint density at radius 1 is 1.23 bits per heavy atom. The fourth-order valence-corrected chi connectivity index (χ4v) is 2.16. The molecule has 0 radical (unpaired) electrons. The molecule has 0 atom stereocenters. The molecule has 0 amide bonds. The Balaban J connectivity index is 2.51. The van der Waals surface area contributed by atoms with Crippen LogP contribution in [0.4, 0.5) is 0 Å². The number of fused-ring (bicyclic) bond motifs is 1. The first-order chi connectivity index (χ1) is 6.18. The van der Waals surface area contributed by atoms with Crippen molar-refractivity contribution < 1.29 is 0 Å². The zero-order valence-electron chi connectivity index (χ0n) is 8.43. The first-order valence-electron chi connectivity index (χ1n) is 4.96. The van der Waals surface area contributed by atoms with Crippen molar-refractivity contribution in [3.8, 4) is 0 Å². The van der Waals surface area contributed by atoms with Crippen LogP contribution < -0.4 is 0 Å². The number of allylic oxidation sites excluding steroid dienone is 1. The van der Waals surface area contributed by atoms with E-state index in [2.05, 4.69) is 38.6 Å². The van der Waals surface area contributed by atoms with E-state index in [-0.39, 0.29) is 0 Å². The van der Waals surface area contributed by atoms with E-state index in [0.717, 1.165) is 12.8 Å². The maximum absolute atomic E-state index is 4.07. The number of hydrogen-bond donors (Lipinski definition) is 0. The van der Waals surface area contributed by atoms with Crippen molar-refractivity contribution in [2.75, 3.05) is 0 Å². The van der Waals surface area contributed by atoms with Crippen LogP contribution in [-0.4, -0.2) is 0 Å². The number of rotatable bonds is 1. The van der Waals surface area contributed by atoms with Crippen molar-refractivity contribution in [2.45, 2.75) is 32.6 Å². The SMILES string of the molecule is C=C1Cc2cccc(C(C)C)c2C1. The van der Waals surface area contributed by atoms with Crippen LogP contribution in [0.25, 0.3) is 0 Å². The van der Waals surface area contributed by atoms with Gasteiger partial charge >= 0.3 is 0 Å². The second-order valence-electron chi connectivity index (χ2n) is 4.24. The minimum atomic E-state index is 0.640. The summed E-state index contributed by atoms with van der Waals surface area (Å²) in [5, 5.41) is 0. The quantitative estimate of drug-likeness (QED) is 0.569. The van der Waals surface area contributed by atoms with Gasteiger partial charge in [-0.25, -0.2) is 0 Å². The topological polar surface area (TPSA) is 0 Å². The standard InChI is InChI=1S/C13H16/c1-9(2)12-6-4-5-11-7-10(3)8-13(11)12/h4-6,9H,3,7-8H2,1-2H3. The molecule has 0 bridgehead atoms. The highest BCUT2D eigenvalue weighted by Crippen LogP contribution is 2.31. The molecule has 0 N–H and O–H groups in total. The fraction of sp³-hybridized carbons (Fsp3) is 0.385. The van der Waals surface area contributed by atoms with E-state index in [1.807, 2.05) is 0 Å². The molecule has 68 valence electrons. The molecule has 0 aliphatic heterocycles.